The first-order valence-corrected chi connectivity index (χ1v) is 8.64. The van der Waals surface area contributed by atoms with E-state index in [4.69, 9.17) is 10.5 Å². The third kappa shape index (κ3) is 4.87. The molecule has 1 unspecified atom stereocenters. The molecule has 1 aromatic carbocycles. The first kappa shape index (κ1) is 16.1. The van der Waals surface area contributed by atoms with E-state index >= 15 is 0 Å². The Hall–Kier alpha value is -1.31. The standard InChI is InChI=1S/C14H23N3O3S/c1-12-4-3-8-17(11-12)21(18,19)16-7-9-20-14-6-2-5-13(15)10-14/h2,5-6,10,12,16H,3-4,7-9,11,15H2,1H3. The average Bonchev–Trinajstić information content (AvgIpc) is 2.44. The number of nitrogens with two attached hydrogens (primary N) is 1. The quantitative estimate of drug-likeness (QED) is 0.611. The van der Waals surface area contributed by atoms with Crippen LogP contribution in [-0.2, 0) is 10.2 Å². The van der Waals surface area contributed by atoms with Gasteiger partial charge in [0.2, 0.25) is 0 Å². The van der Waals surface area contributed by atoms with Gasteiger partial charge < -0.3 is 10.5 Å². The van der Waals surface area contributed by atoms with E-state index in [0.717, 1.165) is 12.8 Å². The van der Waals surface area contributed by atoms with Crippen LogP contribution in [0.5, 0.6) is 5.75 Å². The van der Waals surface area contributed by atoms with Crippen molar-refractivity contribution in [2.45, 2.75) is 19.8 Å². The van der Waals surface area contributed by atoms with Crippen LogP contribution < -0.4 is 15.2 Å². The second-order valence-corrected chi connectivity index (χ2v) is 7.18. The van der Waals surface area contributed by atoms with Crippen molar-refractivity contribution in [2.75, 3.05) is 32.0 Å². The van der Waals surface area contributed by atoms with Gasteiger partial charge in [0.1, 0.15) is 12.4 Å². The molecule has 1 aromatic rings. The summed E-state index contributed by atoms with van der Waals surface area (Å²) in [6.07, 6.45) is 2.01. The minimum absolute atomic E-state index is 0.238. The van der Waals surface area contributed by atoms with Crippen molar-refractivity contribution in [3.8, 4) is 5.75 Å². The summed E-state index contributed by atoms with van der Waals surface area (Å²) in [6, 6.07) is 7.06. The molecule has 0 aromatic heterocycles. The molecule has 0 aliphatic carbocycles. The van der Waals surface area contributed by atoms with E-state index in [2.05, 4.69) is 11.6 Å². The lowest BCUT2D eigenvalue weighted by molar-refractivity contribution is 0.275. The minimum atomic E-state index is -3.40. The lowest BCUT2D eigenvalue weighted by Gasteiger charge is -2.29. The molecule has 1 atom stereocenters. The third-order valence-electron chi connectivity index (χ3n) is 3.47. The molecular formula is C14H23N3O3S. The summed E-state index contributed by atoms with van der Waals surface area (Å²) in [5.74, 6) is 1.06. The fourth-order valence-electron chi connectivity index (χ4n) is 2.40. The van der Waals surface area contributed by atoms with E-state index in [1.807, 2.05) is 0 Å². The highest BCUT2D eigenvalue weighted by Gasteiger charge is 2.26. The van der Waals surface area contributed by atoms with E-state index < -0.39 is 10.2 Å². The maximum atomic E-state index is 12.1. The highest BCUT2D eigenvalue weighted by molar-refractivity contribution is 7.87. The monoisotopic (exact) mass is 313 g/mol. The van der Waals surface area contributed by atoms with Crippen LogP contribution in [0.4, 0.5) is 5.69 Å². The van der Waals surface area contributed by atoms with Gasteiger partial charge in [-0.25, -0.2) is 0 Å². The van der Waals surface area contributed by atoms with E-state index in [0.29, 0.717) is 30.4 Å². The van der Waals surface area contributed by atoms with Crippen LogP contribution >= 0.6 is 0 Å². The van der Waals surface area contributed by atoms with Gasteiger partial charge in [-0.1, -0.05) is 13.0 Å². The first-order chi connectivity index (χ1) is 9.97. The Morgan fingerprint density at radius 3 is 3.00 bits per heavy atom. The van der Waals surface area contributed by atoms with Crippen LogP contribution in [0.3, 0.4) is 0 Å². The molecule has 0 radical (unpaired) electrons. The van der Waals surface area contributed by atoms with Gasteiger partial charge in [0.15, 0.2) is 0 Å². The van der Waals surface area contributed by atoms with Gasteiger partial charge in [0.05, 0.1) is 0 Å². The topological polar surface area (TPSA) is 84.7 Å². The number of nitrogens with one attached hydrogen (secondary N) is 1. The van der Waals surface area contributed by atoms with Crippen molar-refractivity contribution in [3.05, 3.63) is 24.3 Å². The molecule has 2 rings (SSSR count). The number of benzene rings is 1. The molecule has 3 N–H and O–H groups in total. The Balaban J connectivity index is 1.77. The fraction of sp³-hybridized carbons (Fsp3) is 0.571. The molecule has 6 nitrogen and oxygen atoms in total. The molecule has 1 saturated heterocycles. The van der Waals surface area contributed by atoms with Gasteiger partial charge in [-0.05, 0) is 30.9 Å². The van der Waals surface area contributed by atoms with E-state index in [9.17, 15) is 8.42 Å². The molecule has 1 fully saturated rings. The van der Waals surface area contributed by atoms with Crippen molar-refractivity contribution >= 4 is 15.9 Å². The van der Waals surface area contributed by atoms with Crippen LogP contribution in [0.2, 0.25) is 0 Å². The van der Waals surface area contributed by atoms with Gasteiger partial charge in [0.25, 0.3) is 10.2 Å². The third-order valence-corrected chi connectivity index (χ3v) is 5.05. The van der Waals surface area contributed by atoms with Crippen LogP contribution in [-0.4, -0.2) is 39.0 Å². The van der Waals surface area contributed by atoms with E-state index in [-0.39, 0.29) is 13.2 Å². The van der Waals surface area contributed by atoms with Crippen molar-refractivity contribution in [1.82, 2.24) is 9.03 Å². The lowest BCUT2D eigenvalue weighted by Crippen LogP contribution is -2.46. The summed E-state index contributed by atoms with van der Waals surface area (Å²) >= 11 is 0. The van der Waals surface area contributed by atoms with E-state index in [1.165, 1.54) is 4.31 Å². The number of nitrogen functional groups attached to an aromatic ring is 1. The molecular weight excluding hydrogens is 290 g/mol. The number of hydrogen-bond donors (Lipinski definition) is 2. The van der Waals surface area contributed by atoms with Gasteiger partial charge in [0, 0.05) is 31.4 Å². The summed E-state index contributed by atoms with van der Waals surface area (Å²) in [5.41, 5.74) is 6.27. The fourth-order valence-corrected chi connectivity index (χ4v) is 3.74. The average molecular weight is 313 g/mol. The molecule has 7 heteroatoms. The Bertz CT molecular complexity index is 562. The molecule has 0 saturated carbocycles. The number of piperidine rings is 1. The van der Waals surface area contributed by atoms with Crippen molar-refractivity contribution in [2.24, 2.45) is 5.92 Å². The maximum Gasteiger partial charge on any atom is 0.279 e. The molecule has 1 heterocycles. The predicted molar refractivity (Wildman–Crippen MR) is 83.2 cm³/mol. The molecule has 118 valence electrons. The van der Waals surface area contributed by atoms with Gasteiger partial charge in [-0.2, -0.15) is 17.4 Å². The molecule has 1 aliphatic rings. The molecule has 0 spiro atoms. The van der Waals surface area contributed by atoms with Crippen LogP contribution in [0.15, 0.2) is 24.3 Å². The van der Waals surface area contributed by atoms with Crippen molar-refractivity contribution in [1.29, 1.82) is 0 Å². The number of nitrogens with zero attached hydrogens (tertiary/aromatic N) is 1. The molecule has 21 heavy (non-hydrogen) atoms. The van der Waals surface area contributed by atoms with Crippen LogP contribution in [0.1, 0.15) is 19.8 Å². The highest BCUT2D eigenvalue weighted by Crippen LogP contribution is 2.17. The Labute approximate surface area is 126 Å². The van der Waals surface area contributed by atoms with Crippen molar-refractivity contribution in [3.63, 3.8) is 0 Å². The largest absolute Gasteiger partial charge is 0.492 e. The summed E-state index contributed by atoms with van der Waals surface area (Å²) in [5, 5.41) is 0. The first-order valence-electron chi connectivity index (χ1n) is 7.20. The number of hydrogen-bond acceptors (Lipinski definition) is 4. The number of rotatable bonds is 6. The Morgan fingerprint density at radius 1 is 1.48 bits per heavy atom. The SMILES string of the molecule is CC1CCCN(S(=O)(=O)NCCOc2cccc(N)c2)C1. The van der Waals surface area contributed by atoms with Gasteiger partial charge in [-0.3, -0.25) is 0 Å². The lowest BCUT2D eigenvalue weighted by atomic mass is 10.0. The zero-order valence-electron chi connectivity index (χ0n) is 12.3. The number of anilines is 1. The summed E-state index contributed by atoms with van der Waals surface area (Å²) in [4.78, 5) is 0. The van der Waals surface area contributed by atoms with Gasteiger partial charge >= 0.3 is 0 Å². The molecule has 0 bridgehead atoms. The summed E-state index contributed by atoms with van der Waals surface area (Å²) in [6.45, 7) is 3.76. The van der Waals surface area contributed by atoms with Gasteiger partial charge in [-0.15, -0.1) is 0 Å². The highest BCUT2D eigenvalue weighted by atomic mass is 32.2. The van der Waals surface area contributed by atoms with E-state index in [1.54, 1.807) is 24.3 Å². The smallest absolute Gasteiger partial charge is 0.279 e. The van der Waals surface area contributed by atoms with Crippen LogP contribution in [0.25, 0.3) is 0 Å². The molecule has 0 amide bonds. The predicted octanol–water partition coefficient (Wildman–Crippen LogP) is 1.21. The molecule has 1 aliphatic heterocycles. The maximum absolute atomic E-state index is 12.1. The summed E-state index contributed by atoms with van der Waals surface area (Å²) < 4.78 is 33.8. The zero-order valence-corrected chi connectivity index (χ0v) is 13.1. The van der Waals surface area contributed by atoms with Crippen molar-refractivity contribution < 1.29 is 13.2 Å². The second-order valence-electron chi connectivity index (χ2n) is 5.43. The number of ether oxygens (including phenoxy) is 1. The Morgan fingerprint density at radius 2 is 2.29 bits per heavy atom. The minimum Gasteiger partial charge on any atom is -0.492 e. The summed E-state index contributed by atoms with van der Waals surface area (Å²) in [7, 11) is -3.40. The Kier molecular flexibility index (Phi) is 5.44. The second kappa shape index (κ2) is 7.11. The zero-order chi connectivity index (χ0) is 15.3. The van der Waals surface area contributed by atoms with Crippen LogP contribution in [0, 0.1) is 5.92 Å². The normalized spacial score (nSPS) is 20.3.